The summed E-state index contributed by atoms with van der Waals surface area (Å²) in [6.45, 7) is 0. The summed E-state index contributed by atoms with van der Waals surface area (Å²) in [6, 6.07) is 23.2. The van der Waals surface area contributed by atoms with Crippen LogP contribution in [0.25, 0.3) is 11.6 Å². The van der Waals surface area contributed by atoms with Gasteiger partial charge >= 0.3 is 5.97 Å². The Morgan fingerprint density at radius 3 is 2.25 bits per heavy atom. The van der Waals surface area contributed by atoms with Gasteiger partial charge in [-0.3, -0.25) is 4.79 Å². The highest BCUT2D eigenvalue weighted by molar-refractivity contribution is 6.34. The van der Waals surface area contributed by atoms with E-state index in [1.807, 2.05) is 48.5 Å². The van der Waals surface area contributed by atoms with Crippen LogP contribution in [0.3, 0.4) is 0 Å². The van der Waals surface area contributed by atoms with Gasteiger partial charge in [-0.2, -0.15) is 0 Å². The van der Waals surface area contributed by atoms with Gasteiger partial charge in [0.15, 0.2) is 0 Å². The van der Waals surface area contributed by atoms with E-state index in [1.165, 1.54) is 7.11 Å². The maximum Gasteiger partial charge on any atom is 0.339 e. The number of amides is 1. The predicted molar refractivity (Wildman–Crippen MR) is 112 cm³/mol. The Bertz CT molecular complexity index is 1030. The molecule has 0 saturated carbocycles. The van der Waals surface area contributed by atoms with Crippen molar-refractivity contribution in [2.24, 2.45) is 0 Å². The number of para-hydroxylation sites is 1. The van der Waals surface area contributed by atoms with Crippen LogP contribution in [0.2, 0.25) is 5.02 Å². The summed E-state index contributed by atoms with van der Waals surface area (Å²) in [5, 5.41) is 3.35. The van der Waals surface area contributed by atoms with E-state index in [9.17, 15) is 9.59 Å². The van der Waals surface area contributed by atoms with E-state index in [0.29, 0.717) is 16.3 Å². The second-order valence-corrected chi connectivity index (χ2v) is 6.34. The largest absolute Gasteiger partial charge is 0.465 e. The lowest BCUT2D eigenvalue weighted by molar-refractivity contribution is -0.111. The maximum absolute atomic E-state index is 13.1. The highest BCUT2D eigenvalue weighted by Crippen LogP contribution is 2.25. The lowest BCUT2D eigenvalue weighted by Gasteiger charge is -2.12. The van der Waals surface area contributed by atoms with E-state index in [1.54, 1.807) is 36.4 Å². The molecule has 0 radical (unpaired) electrons. The molecule has 0 heterocycles. The Morgan fingerprint density at radius 2 is 1.54 bits per heavy atom. The molecule has 3 rings (SSSR count). The summed E-state index contributed by atoms with van der Waals surface area (Å²) < 4.78 is 4.79. The van der Waals surface area contributed by atoms with E-state index >= 15 is 0 Å². The summed E-state index contributed by atoms with van der Waals surface area (Å²) in [7, 11) is 1.30. The first-order valence-corrected chi connectivity index (χ1v) is 8.98. The van der Waals surface area contributed by atoms with Crippen LogP contribution in [0.15, 0.2) is 78.9 Å². The fraction of sp³-hybridized carbons (Fsp3) is 0.0435. The molecular formula is C23H18ClNO3. The zero-order valence-corrected chi connectivity index (χ0v) is 15.9. The van der Waals surface area contributed by atoms with Crippen molar-refractivity contribution in [1.29, 1.82) is 0 Å². The third-order valence-electron chi connectivity index (χ3n) is 4.12. The van der Waals surface area contributed by atoms with Crippen LogP contribution in [-0.2, 0) is 9.53 Å². The molecule has 0 saturated heterocycles. The van der Waals surface area contributed by atoms with E-state index < -0.39 is 5.97 Å². The van der Waals surface area contributed by atoms with Crippen LogP contribution < -0.4 is 5.32 Å². The van der Waals surface area contributed by atoms with Gasteiger partial charge in [0.2, 0.25) is 0 Å². The zero-order chi connectivity index (χ0) is 19.9. The Morgan fingerprint density at radius 1 is 0.893 bits per heavy atom. The van der Waals surface area contributed by atoms with Crippen molar-refractivity contribution in [3.05, 3.63) is 101 Å². The first-order valence-electron chi connectivity index (χ1n) is 8.60. The van der Waals surface area contributed by atoms with Crippen LogP contribution in [0, 0.1) is 0 Å². The molecule has 1 amide bonds. The van der Waals surface area contributed by atoms with Crippen molar-refractivity contribution < 1.29 is 14.3 Å². The second-order valence-electron chi connectivity index (χ2n) is 5.94. The molecule has 0 aliphatic carbocycles. The van der Waals surface area contributed by atoms with Crippen LogP contribution >= 0.6 is 11.6 Å². The number of methoxy groups -OCH3 is 1. The van der Waals surface area contributed by atoms with Crippen molar-refractivity contribution in [3.63, 3.8) is 0 Å². The number of anilines is 1. The van der Waals surface area contributed by atoms with E-state index in [0.717, 1.165) is 11.1 Å². The van der Waals surface area contributed by atoms with Gasteiger partial charge in [-0.15, -0.1) is 0 Å². The van der Waals surface area contributed by atoms with Gasteiger partial charge < -0.3 is 10.1 Å². The molecule has 0 aliphatic rings. The van der Waals surface area contributed by atoms with Gasteiger partial charge in [0.05, 0.1) is 18.4 Å². The van der Waals surface area contributed by atoms with Crippen molar-refractivity contribution in [2.45, 2.75) is 0 Å². The lowest BCUT2D eigenvalue weighted by Crippen LogP contribution is -2.16. The smallest absolute Gasteiger partial charge is 0.339 e. The van der Waals surface area contributed by atoms with Crippen LogP contribution in [-0.4, -0.2) is 19.0 Å². The topological polar surface area (TPSA) is 55.4 Å². The van der Waals surface area contributed by atoms with Crippen LogP contribution in [0.1, 0.15) is 21.5 Å². The van der Waals surface area contributed by atoms with Crippen LogP contribution in [0.5, 0.6) is 0 Å². The quantitative estimate of drug-likeness (QED) is 0.364. The number of rotatable bonds is 5. The maximum atomic E-state index is 13.1. The van der Waals surface area contributed by atoms with Crippen molar-refractivity contribution in [3.8, 4) is 0 Å². The van der Waals surface area contributed by atoms with Gasteiger partial charge in [-0.1, -0.05) is 72.3 Å². The molecule has 0 atom stereocenters. The van der Waals surface area contributed by atoms with Gasteiger partial charge in [0.25, 0.3) is 5.91 Å². The molecule has 1 N–H and O–H groups in total. The molecule has 4 nitrogen and oxygen atoms in total. The minimum atomic E-state index is -0.521. The normalized spacial score (nSPS) is 11.0. The third kappa shape index (κ3) is 4.48. The summed E-state index contributed by atoms with van der Waals surface area (Å²) >= 11 is 6.27. The Labute approximate surface area is 168 Å². The molecule has 0 aromatic heterocycles. The van der Waals surface area contributed by atoms with Gasteiger partial charge in [-0.25, -0.2) is 4.79 Å². The van der Waals surface area contributed by atoms with E-state index in [2.05, 4.69) is 5.32 Å². The summed E-state index contributed by atoms with van der Waals surface area (Å²) in [6.07, 6.45) is 1.73. The first kappa shape index (κ1) is 19.4. The predicted octanol–water partition coefficient (Wildman–Crippen LogP) is 5.31. The third-order valence-corrected chi connectivity index (χ3v) is 4.46. The van der Waals surface area contributed by atoms with Gasteiger partial charge in [0.1, 0.15) is 0 Å². The highest BCUT2D eigenvalue weighted by atomic mass is 35.5. The van der Waals surface area contributed by atoms with Crippen molar-refractivity contribution in [2.75, 3.05) is 12.4 Å². The molecule has 3 aromatic carbocycles. The Balaban J connectivity index is 2.02. The number of nitrogens with one attached hydrogen (secondary N) is 1. The summed E-state index contributed by atoms with van der Waals surface area (Å²) in [5.74, 6) is -0.880. The molecule has 0 spiro atoms. The molecular weight excluding hydrogens is 374 g/mol. The summed E-state index contributed by atoms with van der Waals surface area (Å²) in [4.78, 5) is 25.1. The molecule has 0 fully saturated rings. The molecule has 5 heteroatoms. The van der Waals surface area contributed by atoms with E-state index in [4.69, 9.17) is 16.3 Å². The number of benzene rings is 3. The number of carbonyl (C=O) groups excluding carboxylic acids is 2. The highest BCUT2D eigenvalue weighted by Gasteiger charge is 2.17. The number of esters is 1. The van der Waals surface area contributed by atoms with Crippen molar-refractivity contribution >= 4 is 40.8 Å². The van der Waals surface area contributed by atoms with Gasteiger partial charge in [-0.05, 0) is 35.4 Å². The molecule has 0 unspecified atom stereocenters. The average Bonchev–Trinajstić information content (AvgIpc) is 2.73. The average molecular weight is 392 g/mol. The van der Waals surface area contributed by atoms with E-state index in [-0.39, 0.29) is 11.5 Å². The standard InChI is InChI=1S/C23H18ClNO3/c1-28-23(27)18-12-6-8-14-21(18)25-22(26)19(16-9-3-2-4-10-16)15-17-11-5-7-13-20(17)24/h2-15H,1H3,(H,25,26)/b19-15+. The molecule has 0 bridgehead atoms. The minimum absolute atomic E-state index is 0.281. The van der Waals surface area contributed by atoms with Gasteiger partial charge in [0, 0.05) is 10.6 Å². The Hall–Kier alpha value is -3.37. The monoisotopic (exact) mass is 391 g/mol. The number of halogens is 1. The lowest BCUT2D eigenvalue weighted by atomic mass is 10.0. The Kier molecular flexibility index (Phi) is 6.25. The molecule has 3 aromatic rings. The second kappa shape index (κ2) is 9.02. The first-order chi connectivity index (χ1) is 13.6. The molecule has 140 valence electrons. The minimum Gasteiger partial charge on any atom is -0.465 e. The molecule has 0 aliphatic heterocycles. The number of hydrogen-bond donors (Lipinski definition) is 1. The fourth-order valence-electron chi connectivity index (χ4n) is 2.72. The van der Waals surface area contributed by atoms with Crippen molar-refractivity contribution in [1.82, 2.24) is 0 Å². The fourth-order valence-corrected chi connectivity index (χ4v) is 2.91. The summed E-state index contributed by atoms with van der Waals surface area (Å²) in [5.41, 5.74) is 2.53. The number of carbonyl (C=O) groups is 2. The number of hydrogen-bond acceptors (Lipinski definition) is 3. The SMILES string of the molecule is COC(=O)c1ccccc1NC(=O)/C(=C/c1ccccc1Cl)c1ccccc1. The number of ether oxygens (including phenoxy) is 1. The zero-order valence-electron chi connectivity index (χ0n) is 15.2. The molecule has 28 heavy (non-hydrogen) atoms. The van der Waals surface area contributed by atoms with Crippen LogP contribution in [0.4, 0.5) is 5.69 Å².